The zero-order valence-electron chi connectivity index (χ0n) is 15.6. The molecule has 28 heavy (non-hydrogen) atoms. The first-order valence-electron chi connectivity index (χ1n) is 9.30. The molecule has 1 N–H and O–H groups in total. The van der Waals surface area contributed by atoms with Crippen LogP contribution in [0.2, 0.25) is 0 Å². The summed E-state index contributed by atoms with van der Waals surface area (Å²) in [6, 6.07) is 9.57. The predicted octanol–water partition coefficient (Wildman–Crippen LogP) is 4.08. The minimum Gasteiger partial charge on any atom is -0.361 e. The summed E-state index contributed by atoms with van der Waals surface area (Å²) in [6.45, 7) is 2.59. The summed E-state index contributed by atoms with van der Waals surface area (Å²) in [4.78, 5) is 14.8. The number of rotatable bonds is 4. The Morgan fingerprint density at radius 1 is 1.21 bits per heavy atom. The maximum atomic E-state index is 12.9. The van der Waals surface area contributed by atoms with Gasteiger partial charge in [-0.1, -0.05) is 6.07 Å². The number of hydrogen-bond donors (Lipinski definition) is 1. The molecule has 0 saturated carbocycles. The van der Waals surface area contributed by atoms with Gasteiger partial charge in [0.2, 0.25) is 0 Å². The summed E-state index contributed by atoms with van der Waals surface area (Å²) >= 11 is 0. The van der Waals surface area contributed by atoms with E-state index in [1.165, 1.54) is 10.9 Å². The molecule has 2 aromatic heterocycles. The molecule has 4 rings (SSSR count). The number of halogens is 3. The van der Waals surface area contributed by atoms with E-state index in [0.29, 0.717) is 5.82 Å². The second-order valence-corrected chi connectivity index (χ2v) is 7.30. The molecule has 1 aliphatic rings. The van der Waals surface area contributed by atoms with Crippen LogP contribution in [-0.4, -0.2) is 46.0 Å². The van der Waals surface area contributed by atoms with Crippen LogP contribution in [-0.2, 0) is 12.7 Å². The highest BCUT2D eigenvalue weighted by Crippen LogP contribution is 2.30. The number of aromatic nitrogens is 3. The fraction of sp³-hybridized carbons (Fsp3) is 0.400. The van der Waals surface area contributed by atoms with Crippen molar-refractivity contribution in [1.29, 1.82) is 0 Å². The smallest absolute Gasteiger partial charge is 0.361 e. The number of anilines is 1. The Hall–Kier alpha value is -2.61. The zero-order chi connectivity index (χ0) is 19.7. The number of H-pyrrole nitrogens is 1. The first-order valence-corrected chi connectivity index (χ1v) is 9.30. The summed E-state index contributed by atoms with van der Waals surface area (Å²) in [5.41, 5.74) is 1.44. The van der Waals surface area contributed by atoms with E-state index < -0.39 is 11.9 Å². The van der Waals surface area contributed by atoms with Gasteiger partial charge in [-0.3, -0.25) is 4.90 Å². The molecule has 0 spiro atoms. The highest BCUT2D eigenvalue weighted by Gasteiger charge is 2.34. The number of alkyl halides is 3. The number of likely N-dealkylation sites (tertiary alicyclic amines) is 1. The van der Waals surface area contributed by atoms with Gasteiger partial charge in [0.15, 0.2) is 0 Å². The Kier molecular flexibility index (Phi) is 4.97. The fourth-order valence-corrected chi connectivity index (χ4v) is 3.83. The molecule has 3 aromatic rings. The van der Waals surface area contributed by atoms with Crippen LogP contribution in [0, 0.1) is 0 Å². The van der Waals surface area contributed by atoms with Crippen molar-refractivity contribution in [2.75, 3.05) is 25.0 Å². The lowest BCUT2D eigenvalue weighted by atomic mass is 10.0. The molecule has 1 atom stereocenters. The predicted molar refractivity (Wildman–Crippen MR) is 102 cm³/mol. The molecule has 0 amide bonds. The van der Waals surface area contributed by atoms with E-state index in [2.05, 4.69) is 44.1 Å². The third-order valence-corrected chi connectivity index (χ3v) is 5.36. The number of fused-ring (bicyclic) bond motifs is 1. The minimum atomic E-state index is -4.46. The summed E-state index contributed by atoms with van der Waals surface area (Å²) < 4.78 is 38.8. The Morgan fingerprint density at radius 3 is 2.89 bits per heavy atom. The van der Waals surface area contributed by atoms with E-state index in [-0.39, 0.29) is 6.04 Å². The summed E-state index contributed by atoms with van der Waals surface area (Å²) in [6.07, 6.45) is 0.375. The summed E-state index contributed by atoms with van der Waals surface area (Å²) in [5.74, 6) is 0.308. The zero-order valence-corrected chi connectivity index (χ0v) is 15.6. The number of hydrogen-bond acceptors (Lipinski definition) is 4. The third-order valence-electron chi connectivity index (χ3n) is 5.36. The molecule has 1 aliphatic heterocycles. The highest BCUT2D eigenvalue weighted by molar-refractivity contribution is 5.79. The van der Waals surface area contributed by atoms with Crippen molar-refractivity contribution in [2.45, 2.75) is 31.6 Å². The van der Waals surface area contributed by atoms with Crippen molar-refractivity contribution in [3.63, 3.8) is 0 Å². The van der Waals surface area contributed by atoms with Crippen molar-refractivity contribution >= 4 is 16.7 Å². The molecule has 3 heterocycles. The van der Waals surface area contributed by atoms with Crippen molar-refractivity contribution < 1.29 is 13.2 Å². The topological polar surface area (TPSA) is 48.1 Å². The van der Waals surface area contributed by atoms with Gasteiger partial charge in [0.1, 0.15) is 17.8 Å². The molecular formula is C20H22F3N5. The first-order chi connectivity index (χ1) is 13.4. The van der Waals surface area contributed by atoms with Crippen molar-refractivity contribution in [1.82, 2.24) is 19.9 Å². The van der Waals surface area contributed by atoms with Crippen molar-refractivity contribution in [3.8, 4) is 0 Å². The molecule has 0 aliphatic carbocycles. The van der Waals surface area contributed by atoms with Gasteiger partial charge in [0.25, 0.3) is 0 Å². The van der Waals surface area contributed by atoms with Crippen LogP contribution in [0.1, 0.15) is 24.1 Å². The van der Waals surface area contributed by atoms with Gasteiger partial charge in [-0.05, 0) is 48.5 Å². The number of nitrogens with zero attached hydrogens (tertiary/aromatic N) is 4. The lowest BCUT2D eigenvalue weighted by Crippen LogP contribution is -2.46. The Morgan fingerprint density at radius 2 is 2.07 bits per heavy atom. The molecule has 1 fully saturated rings. The van der Waals surface area contributed by atoms with Gasteiger partial charge in [-0.2, -0.15) is 13.2 Å². The number of benzene rings is 1. The summed E-state index contributed by atoms with van der Waals surface area (Å²) in [5, 5.41) is 1.18. The highest BCUT2D eigenvalue weighted by atomic mass is 19.4. The van der Waals surface area contributed by atoms with E-state index in [9.17, 15) is 13.2 Å². The largest absolute Gasteiger partial charge is 0.433 e. The van der Waals surface area contributed by atoms with E-state index in [1.54, 1.807) is 0 Å². The maximum Gasteiger partial charge on any atom is 0.433 e. The Bertz CT molecular complexity index is 952. The van der Waals surface area contributed by atoms with Gasteiger partial charge < -0.3 is 9.88 Å². The molecule has 0 radical (unpaired) electrons. The molecule has 8 heteroatoms. The van der Waals surface area contributed by atoms with Gasteiger partial charge in [0, 0.05) is 44.0 Å². The summed E-state index contributed by atoms with van der Waals surface area (Å²) in [7, 11) is 1.81. The quantitative estimate of drug-likeness (QED) is 0.731. The molecule has 1 unspecified atom stereocenters. The van der Waals surface area contributed by atoms with Gasteiger partial charge >= 0.3 is 6.18 Å². The van der Waals surface area contributed by atoms with Crippen LogP contribution in [0.25, 0.3) is 10.9 Å². The van der Waals surface area contributed by atoms with Crippen LogP contribution in [0.5, 0.6) is 0 Å². The number of piperidine rings is 1. The van der Waals surface area contributed by atoms with E-state index in [1.807, 2.05) is 18.1 Å². The van der Waals surface area contributed by atoms with Crippen LogP contribution in [0.4, 0.5) is 19.0 Å². The van der Waals surface area contributed by atoms with Crippen LogP contribution < -0.4 is 4.90 Å². The van der Waals surface area contributed by atoms with Gasteiger partial charge in [-0.15, -0.1) is 0 Å². The number of aromatic amines is 1. The normalized spacial score (nSPS) is 18.5. The monoisotopic (exact) mass is 389 g/mol. The van der Waals surface area contributed by atoms with Crippen LogP contribution in [0.3, 0.4) is 0 Å². The molecule has 1 aromatic carbocycles. The second-order valence-electron chi connectivity index (χ2n) is 7.30. The van der Waals surface area contributed by atoms with Gasteiger partial charge in [0.05, 0.1) is 0 Å². The van der Waals surface area contributed by atoms with Crippen LogP contribution in [0.15, 0.2) is 42.9 Å². The molecule has 5 nitrogen and oxygen atoms in total. The Labute approximate surface area is 161 Å². The van der Waals surface area contributed by atoms with Crippen molar-refractivity contribution in [2.24, 2.45) is 0 Å². The number of nitrogens with one attached hydrogen (secondary N) is 1. The van der Waals surface area contributed by atoms with Crippen LogP contribution >= 0.6 is 0 Å². The molecule has 1 saturated heterocycles. The molecular weight excluding hydrogens is 367 g/mol. The molecule has 0 bridgehead atoms. The SMILES string of the molecule is CN(c1cc(C(F)(F)F)ncn1)C1CCCN(Cc2ccc3[nH]ccc3c2)C1. The second kappa shape index (κ2) is 7.43. The standard InChI is InChI=1S/C20H22F3N5/c1-27(19-10-18(20(21,22)23)25-13-26-19)16-3-2-8-28(12-16)11-14-4-5-17-15(9-14)6-7-24-17/h4-7,9-10,13,16,24H,2-3,8,11-12H2,1H3. The average molecular weight is 389 g/mol. The van der Waals surface area contributed by atoms with Crippen molar-refractivity contribution in [3.05, 3.63) is 54.1 Å². The third kappa shape index (κ3) is 3.96. The van der Waals surface area contributed by atoms with E-state index in [4.69, 9.17) is 0 Å². The molecule has 148 valence electrons. The van der Waals surface area contributed by atoms with Gasteiger partial charge in [-0.25, -0.2) is 9.97 Å². The minimum absolute atomic E-state index is 0.112. The van der Waals surface area contributed by atoms with E-state index >= 15 is 0 Å². The lowest BCUT2D eigenvalue weighted by molar-refractivity contribution is -0.141. The fourth-order valence-electron chi connectivity index (χ4n) is 3.83. The average Bonchev–Trinajstić information content (AvgIpc) is 3.15. The Balaban J connectivity index is 1.45. The number of likely N-dealkylation sites (N-methyl/N-ethyl adjacent to an activating group) is 1. The maximum absolute atomic E-state index is 12.9. The van der Waals surface area contributed by atoms with E-state index in [0.717, 1.165) is 50.4 Å². The lowest BCUT2D eigenvalue weighted by Gasteiger charge is -2.38. The first kappa shape index (κ1) is 18.7.